The Morgan fingerprint density at radius 2 is 0.953 bits per heavy atom. The molecule has 6 aromatic carbocycles. The summed E-state index contributed by atoms with van der Waals surface area (Å²) in [6, 6.07) is 42.3. The zero-order chi connectivity index (χ0) is 30.8. The molecule has 0 atom stereocenters. The Balaban J connectivity index is 0.000000666. The van der Waals surface area contributed by atoms with E-state index in [0.29, 0.717) is 0 Å². The average molecular weight is 563 g/mol. The van der Waals surface area contributed by atoms with Gasteiger partial charge in [0.05, 0.1) is 0 Å². The van der Waals surface area contributed by atoms with Crippen molar-refractivity contribution in [1.82, 2.24) is 0 Å². The smallest absolute Gasteiger partial charge is 0.00235 e. The minimum absolute atomic E-state index is 1.06. The Kier molecular flexibility index (Phi) is 11.1. The van der Waals surface area contributed by atoms with Crippen LogP contribution in [-0.2, 0) is 6.42 Å². The third-order valence-electron chi connectivity index (χ3n) is 7.83. The Morgan fingerprint density at radius 1 is 0.442 bits per heavy atom. The molecule has 0 fully saturated rings. The Labute approximate surface area is 259 Å². The molecule has 0 aromatic heterocycles. The van der Waals surface area contributed by atoms with Crippen LogP contribution >= 0.6 is 0 Å². The zero-order valence-corrected chi connectivity index (χ0v) is 27.0. The SMILES string of the molecule is CC.CC.CC.Cc1ccc(-c2c3c(c(-c4ccc(-c5ccccc5)c5ccccc45)c4ccccc24)C=CCC3)cc1. The van der Waals surface area contributed by atoms with E-state index in [0.717, 1.165) is 12.8 Å². The second-order valence-corrected chi connectivity index (χ2v) is 10.1. The molecule has 0 bridgehead atoms. The van der Waals surface area contributed by atoms with Crippen molar-refractivity contribution in [3.63, 3.8) is 0 Å². The second-order valence-electron chi connectivity index (χ2n) is 10.1. The zero-order valence-electron chi connectivity index (χ0n) is 27.0. The van der Waals surface area contributed by atoms with Crippen LogP contribution in [0.4, 0.5) is 0 Å². The van der Waals surface area contributed by atoms with Crippen molar-refractivity contribution in [1.29, 1.82) is 0 Å². The first-order valence-electron chi connectivity index (χ1n) is 16.2. The van der Waals surface area contributed by atoms with Crippen molar-refractivity contribution in [2.75, 3.05) is 0 Å². The molecule has 6 aromatic rings. The fraction of sp³-hybridized carbons (Fsp3) is 0.209. The first kappa shape index (κ1) is 31.5. The summed E-state index contributed by atoms with van der Waals surface area (Å²) in [6.45, 7) is 14.2. The minimum atomic E-state index is 1.06. The van der Waals surface area contributed by atoms with Crippen molar-refractivity contribution in [2.45, 2.75) is 61.3 Å². The second kappa shape index (κ2) is 15.2. The van der Waals surface area contributed by atoms with Gasteiger partial charge in [-0.2, -0.15) is 0 Å². The molecule has 218 valence electrons. The summed E-state index contributed by atoms with van der Waals surface area (Å²) < 4.78 is 0. The molecular formula is C43H46. The normalized spacial score (nSPS) is 11.3. The van der Waals surface area contributed by atoms with Crippen molar-refractivity contribution in [3.05, 3.63) is 138 Å². The Morgan fingerprint density at radius 3 is 1.58 bits per heavy atom. The highest BCUT2D eigenvalue weighted by Gasteiger charge is 2.22. The van der Waals surface area contributed by atoms with Crippen molar-refractivity contribution < 1.29 is 0 Å². The van der Waals surface area contributed by atoms with E-state index in [2.05, 4.69) is 134 Å². The summed E-state index contributed by atoms with van der Waals surface area (Å²) in [5.74, 6) is 0. The van der Waals surface area contributed by atoms with E-state index in [-0.39, 0.29) is 0 Å². The van der Waals surface area contributed by atoms with Gasteiger partial charge in [-0.15, -0.1) is 0 Å². The predicted octanol–water partition coefficient (Wildman–Crippen LogP) is 13.3. The van der Waals surface area contributed by atoms with E-state index in [1.54, 1.807) is 0 Å². The summed E-state index contributed by atoms with van der Waals surface area (Å²) in [7, 11) is 0. The number of aryl methyl sites for hydroxylation is 1. The quantitative estimate of drug-likeness (QED) is 0.201. The van der Waals surface area contributed by atoms with E-state index in [1.807, 2.05) is 41.5 Å². The van der Waals surface area contributed by atoms with Crippen LogP contribution in [0.15, 0.2) is 121 Å². The largest absolute Gasteiger partial charge is 0.0836 e. The van der Waals surface area contributed by atoms with E-state index < -0.39 is 0 Å². The van der Waals surface area contributed by atoms with Gasteiger partial charge in [-0.3, -0.25) is 0 Å². The van der Waals surface area contributed by atoms with Gasteiger partial charge in [-0.05, 0) is 85.8 Å². The number of fused-ring (bicyclic) bond motifs is 3. The van der Waals surface area contributed by atoms with Gasteiger partial charge in [0.1, 0.15) is 0 Å². The molecule has 0 N–H and O–H groups in total. The summed E-state index contributed by atoms with van der Waals surface area (Å²) in [5, 5.41) is 5.26. The van der Waals surface area contributed by atoms with Crippen LogP contribution in [0.2, 0.25) is 0 Å². The van der Waals surface area contributed by atoms with E-state index in [9.17, 15) is 0 Å². The van der Waals surface area contributed by atoms with Gasteiger partial charge >= 0.3 is 0 Å². The van der Waals surface area contributed by atoms with Gasteiger partial charge in [0.2, 0.25) is 0 Å². The van der Waals surface area contributed by atoms with Crippen LogP contribution < -0.4 is 0 Å². The summed E-state index contributed by atoms with van der Waals surface area (Å²) in [6.07, 6.45) is 6.86. The predicted molar refractivity (Wildman–Crippen MR) is 194 cm³/mol. The number of allylic oxidation sites excluding steroid dienone is 1. The maximum atomic E-state index is 2.37. The minimum Gasteiger partial charge on any atom is -0.0836 e. The molecule has 0 radical (unpaired) electrons. The molecule has 1 aliphatic rings. The number of rotatable bonds is 3. The standard InChI is InChI=1S/C37H28.3C2H6/c1-25-19-21-27(22-20-25)36-31-15-7-9-17-33(31)37(34-18-10-8-16-32(34)36)35-24-23-28(26-11-3-2-4-12-26)29-13-5-6-14-30(29)35;3*1-2/h2-7,9-15,17-24H,8,16H2,1H3;3*1-2H3. The number of hydrogen-bond donors (Lipinski definition) is 0. The van der Waals surface area contributed by atoms with Gasteiger partial charge in [0, 0.05) is 0 Å². The van der Waals surface area contributed by atoms with Crippen molar-refractivity contribution in [3.8, 4) is 33.4 Å². The first-order chi connectivity index (χ1) is 21.3. The summed E-state index contributed by atoms with van der Waals surface area (Å²) >= 11 is 0. The highest BCUT2D eigenvalue weighted by molar-refractivity contribution is 6.15. The highest BCUT2D eigenvalue weighted by Crippen LogP contribution is 2.47. The monoisotopic (exact) mass is 562 g/mol. The van der Waals surface area contributed by atoms with Crippen LogP contribution in [0, 0.1) is 6.92 Å². The molecule has 0 heteroatoms. The lowest BCUT2D eigenvalue weighted by Crippen LogP contribution is -2.03. The van der Waals surface area contributed by atoms with Gasteiger partial charge in [0.25, 0.3) is 0 Å². The molecule has 0 nitrogen and oxygen atoms in total. The molecule has 0 saturated carbocycles. The summed E-state index contributed by atoms with van der Waals surface area (Å²) in [4.78, 5) is 0. The molecule has 0 saturated heterocycles. The molecule has 0 aliphatic heterocycles. The van der Waals surface area contributed by atoms with Crippen LogP contribution in [0.1, 0.15) is 64.7 Å². The van der Waals surface area contributed by atoms with Gasteiger partial charge in [-0.1, -0.05) is 175 Å². The molecule has 0 heterocycles. The van der Waals surface area contributed by atoms with Crippen LogP contribution in [0.25, 0.3) is 61.0 Å². The van der Waals surface area contributed by atoms with Crippen LogP contribution in [0.5, 0.6) is 0 Å². The number of hydrogen-bond acceptors (Lipinski definition) is 0. The fourth-order valence-electron chi connectivity index (χ4n) is 6.11. The molecule has 0 unspecified atom stereocenters. The fourth-order valence-corrected chi connectivity index (χ4v) is 6.11. The van der Waals surface area contributed by atoms with E-state index in [4.69, 9.17) is 0 Å². The topological polar surface area (TPSA) is 0 Å². The van der Waals surface area contributed by atoms with Crippen molar-refractivity contribution >= 4 is 27.6 Å². The van der Waals surface area contributed by atoms with Crippen LogP contribution in [0.3, 0.4) is 0 Å². The lowest BCUT2D eigenvalue weighted by atomic mass is 9.79. The third-order valence-corrected chi connectivity index (χ3v) is 7.83. The molecule has 0 amide bonds. The Hall–Kier alpha value is -4.42. The molecule has 0 spiro atoms. The van der Waals surface area contributed by atoms with E-state index >= 15 is 0 Å². The average Bonchev–Trinajstić information content (AvgIpc) is 3.10. The first-order valence-corrected chi connectivity index (χ1v) is 16.2. The summed E-state index contributed by atoms with van der Waals surface area (Å²) in [5.41, 5.74) is 12.0. The molecule has 43 heavy (non-hydrogen) atoms. The van der Waals surface area contributed by atoms with Gasteiger partial charge < -0.3 is 0 Å². The van der Waals surface area contributed by atoms with Gasteiger partial charge in [-0.25, -0.2) is 0 Å². The molecular weight excluding hydrogens is 516 g/mol. The Bertz CT molecular complexity index is 1800. The molecule has 7 rings (SSSR count). The van der Waals surface area contributed by atoms with Crippen molar-refractivity contribution in [2.24, 2.45) is 0 Å². The lowest BCUT2D eigenvalue weighted by Gasteiger charge is -2.24. The lowest BCUT2D eigenvalue weighted by molar-refractivity contribution is 0.991. The van der Waals surface area contributed by atoms with Crippen LogP contribution in [-0.4, -0.2) is 0 Å². The third kappa shape index (κ3) is 6.20. The van der Waals surface area contributed by atoms with Gasteiger partial charge in [0.15, 0.2) is 0 Å². The maximum Gasteiger partial charge on any atom is -0.00235 e. The highest BCUT2D eigenvalue weighted by atomic mass is 14.3. The van der Waals surface area contributed by atoms with E-state index in [1.165, 1.54) is 71.6 Å². The maximum absolute atomic E-state index is 2.37. The molecule has 1 aliphatic carbocycles. The number of benzene rings is 6.